The minimum Gasteiger partial charge on any atom is -0.461 e. The maximum atomic E-state index is 12.4. The fourth-order valence-electron chi connectivity index (χ4n) is 2.90. The number of hydrogen-bond acceptors (Lipinski definition) is 11. The molecule has 0 saturated heterocycles. The van der Waals surface area contributed by atoms with E-state index in [2.05, 4.69) is 0 Å². The fraction of sp³-hybridized carbons (Fsp3) is 0.643. The van der Waals surface area contributed by atoms with Gasteiger partial charge in [0.2, 0.25) is 0 Å². The predicted octanol–water partition coefficient (Wildman–Crippen LogP) is 4.95. The van der Waals surface area contributed by atoms with Crippen molar-refractivity contribution in [2.24, 2.45) is 17.6 Å². The summed E-state index contributed by atoms with van der Waals surface area (Å²) in [6, 6.07) is 3.34. The van der Waals surface area contributed by atoms with Crippen LogP contribution < -0.4 is 15.2 Å². The summed E-state index contributed by atoms with van der Waals surface area (Å²) >= 11 is 0. The van der Waals surface area contributed by atoms with Gasteiger partial charge in [-0.25, -0.2) is 9.59 Å². The first kappa shape index (κ1) is 33.7. The number of rotatable bonds is 16. The number of carbonyl (C=O) groups excluding carboxylic acids is 4. The average Bonchev–Trinajstić information content (AvgIpc) is 2.90. The summed E-state index contributed by atoms with van der Waals surface area (Å²) in [5.74, 6) is -0.938. The summed E-state index contributed by atoms with van der Waals surface area (Å²) in [4.78, 5) is 48.4. The molecule has 0 aliphatic rings. The van der Waals surface area contributed by atoms with Gasteiger partial charge in [0.05, 0.1) is 13.2 Å². The average molecular weight is 554 g/mol. The van der Waals surface area contributed by atoms with Gasteiger partial charge >= 0.3 is 24.2 Å². The summed E-state index contributed by atoms with van der Waals surface area (Å²) in [5.41, 5.74) is 6.52. The Kier molecular flexibility index (Phi) is 15.6. The predicted molar refractivity (Wildman–Crippen MR) is 142 cm³/mol. The monoisotopic (exact) mass is 553 g/mol. The van der Waals surface area contributed by atoms with E-state index in [0.717, 1.165) is 12.8 Å². The van der Waals surface area contributed by atoms with E-state index in [0.29, 0.717) is 12.0 Å². The third-order valence-corrected chi connectivity index (χ3v) is 5.77. The molecule has 11 nitrogen and oxygen atoms in total. The van der Waals surface area contributed by atoms with Gasteiger partial charge in [0, 0.05) is 6.42 Å². The number of ether oxygens (including phenoxy) is 6. The van der Waals surface area contributed by atoms with E-state index in [1.807, 2.05) is 34.6 Å². The van der Waals surface area contributed by atoms with Crippen molar-refractivity contribution in [2.75, 3.05) is 19.8 Å². The van der Waals surface area contributed by atoms with E-state index in [4.69, 9.17) is 34.2 Å². The molecule has 0 aliphatic heterocycles. The van der Waals surface area contributed by atoms with E-state index >= 15 is 0 Å². The van der Waals surface area contributed by atoms with Crippen LogP contribution in [0.1, 0.15) is 72.8 Å². The highest BCUT2D eigenvalue weighted by Gasteiger charge is 2.21. The van der Waals surface area contributed by atoms with E-state index in [9.17, 15) is 19.2 Å². The number of esters is 2. The first-order valence-corrected chi connectivity index (χ1v) is 13.4. The summed E-state index contributed by atoms with van der Waals surface area (Å²) in [6.45, 7) is 11.5. The minimum absolute atomic E-state index is 0.0276. The van der Waals surface area contributed by atoms with Crippen LogP contribution in [0.3, 0.4) is 0 Å². The lowest BCUT2D eigenvalue weighted by Gasteiger charge is -2.17. The van der Waals surface area contributed by atoms with E-state index in [1.165, 1.54) is 12.1 Å². The molecular formula is C28H43NO10. The first-order valence-electron chi connectivity index (χ1n) is 13.4. The van der Waals surface area contributed by atoms with Crippen LogP contribution in [0.15, 0.2) is 18.2 Å². The van der Waals surface area contributed by atoms with Crippen LogP contribution in [0.4, 0.5) is 9.59 Å². The van der Waals surface area contributed by atoms with Crippen LogP contribution in [0.2, 0.25) is 0 Å². The Bertz CT molecular complexity index is 935. The molecule has 0 fully saturated rings. The Morgan fingerprint density at radius 1 is 0.795 bits per heavy atom. The molecule has 0 radical (unpaired) electrons. The molecule has 1 rings (SSSR count). The Morgan fingerprint density at radius 2 is 1.36 bits per heavy atom. The van der Waals surface area contributed by atoms with E-state index in [1.54, 1.807) is 13.0 Å². The summed E-state index contributed by atoms with van der Waals surface area (Å²) in [6.07, 6.45) is 0.0637. The minimum atomic E-state index is -1.05. The molecule has 1 aromatic carbocycles. The third-order valence-electron chi connectivity index (χ3n) is 5.77. The number of benzene rings is 1. The van der Waals surface area contributed by atoms with Crippen LogP contribution in [0, 0.1) is 11.8 Å². The maximum Gasteiger partial charge on any atom is 0.513 e. The molecule has 0 saturated carbocycles. The Labute approximate surface area is 230 Å². The van der Waals surface area contributed by atoms with Crippen molar-refractivity contribution in [1.29, 1.82) is 0 Å². The molecule has 0 spiro atoms. The zero-order valence-electron chi connectivity index (χ0n) is 23.9. The van der Waals surface area contributed by atoms with Gasteiger partial charge in [-0.15, -0.1) is 0 Å². The highest BCUT2D eigenvalue weighted by Crippen LogP contribution is 2.30. The zero-order valence-corrected chi connectivity index (χ0v) is 23.9. The van der Waals surface area contributed by atoms with Crippen molar-refractivity contribution in [3.8, 4) is 11.5 Å². The van der Waals surface area contributed by atoms with Crippen LogP contribution in [0.25, 0.3) is 0 Å². The molecule has 2 unspecified atom stereocenters. The number of hydrogen-bond donors (Lipinski definition) is 1. The lowest BCUT2D eigenvalue weighted by atomic mass is 10.1. The molecule has 0 aromatic heterocycles. The second kappa shape index (κ2) is 18.0. The van der Waals surface area contributed by atoms with Gasteiger partial charge in [-0.2, -0.15) is 0 Å². The largest absolute Gasteiger partial charge is 0.513 e. The van der Waals surface area contributed by atoms with Gasteiger partial charge in [-0.05, 0) is 49.3 Å². The van der Waals surface area contributed by atoms with Crippen molar-refractivity contribution in [3.05, 3.63) is 23.8 Å². The summed E-state index contributed by atoms with van der Waals surface area (Å²) < 4.78 is 31.1. The Morgan fingerprint density at radius 3 is 1.90 bits per heavy atom. The standard InChI is InChI=1S/C28H43NO10/c1-7-10-25(30)37-20(6)17-34-26(31)22(29)13-21-11-12-23(38-27(32)35-15-18(4)8-2)24(14-21)39-28(33)36-16-19(5)9-3/h11-12,14,18-20,22H,7-10,13,15-17,29H2,1-6H3/t18?,19?,20-,22-/m0/s1. The lowest BCUT2D eigenvalue weighted by Crippen LogP contribution is -2.36. The van der Waals surface area contributed by atoms with E-state index in [-0.39, 0.29) is 62.0 Å². The van der Waals surface area contributed by atoms with Gasteiger partial charge in [-0.3, -0.25) is 9.59 Å². The van der Waals surface area contributed by atoms with Crippen molar-refractivity contribution in [2.45, 2.75) is 85.8 Å². The molecule has 0 heterocycles. The third kappa shape index (κ3) is 13.9. The second-order valence-electron chi connectivity index (χ2n) is 9.63. The normalized spacial score (nSPS) is 13.8. The van der Waals surface area contributed by atoms with Crippen LogP contribution in [0.5, 0.6) is 11.5 Å². The fourth-order valence-corrected chi connectivity index (χ4v) is 2.90. The molecule has 2 N–H and O–H groups in total. The topological polar surface area (TPSA) is 150 Å². The van der Waals surface area contributed by atoms with Crippen molar-refractivity contribution in [3.63, 3.8) is 0 Å². The quantitative estimate of drug-likeness (QED) is 0.168. The molecule has 220 valence electrons. The van der Waals surface area contributed by atoms with Gasteiger partial charge in [0.25, 0.3) is 0 Å². The molecule has 0 aliphatic carbocycles. The van der Waals surface area contributed by atoms with Crippen LogP contribution in [-0.4, -0.2) is 56.2 Å². The summed E-state index contributed by atoms with van der Waals surface area (Å²) in [5, 5.41) is 0. The van der Waals surface area contributed by atoms with Gasteiger partial charge in [0.1, 0.15) is 18.8 Å². The maximum absolute atomic E-state index is 12.4. The van der Waals surface area contributed by atoms with E-state index < -0.39 is 30.4 Å². The molecular weight excluding hydrogens is 510 g/mol. The molecule has 4 atom stereocenters. The summed E-state index contributed by atoms with van der Waals surface area (Å²) in [7, 11) is 0. The van der Waals surface area contributed by atoms with Gasteiger partial charge in [0.15, 0.2) is 11.5 Å². The number of carbonyl (C=O) groups is 4. The lowest BCUT2D eigenvalue weighted by molar-refractivity contribution is -0.158. The van der Waals surface area contributed by atoms with Crippen molar-refractivity contribution in [1.82, 2.24) is 0 Å². The molecule has 11 heteroatoms. The van der Waals surface area contributed by atoms with Gasteiger partial charge < -0.3 is 34.2 Å². The molecule has 0 bridgehead atoms. The second-order valence-corrected chi connectivity index (χ2v) is 9.63. The molecule has 0 amide bonds. The SMILES string of the molecule is CCCC(=O)O[C@@H](C)COC(=O)[C@@H](N)Cc1ccc(OC(=O)OCC(C)CC)c(OC(=O)OCC(C)CC)c1. The molecule has 39 heavy (non-hydrogen) atoms. The zero-order chi connectivity index (χ0) is 29.4. The van der Waals surface area contributed by atoms with Gasteiger partial charge in [-0.1, -0.05) is 53.5 Å². The highest BCUT2D eigenvalue weighted by atomic mass is 16.7. The molecule has 1 aromatic rings. The Hall–Kier alpha value is -3.34. The van der Waals surface area contributed by atoms with Crippen molar-refractivity contribution < 1.29 is 47.6 Å². The number of nitrogens with two attached hydrogens (primary N) is 1. The smallest absolute Gasteiger partial charge is 0.461 e. The van der Waals surface area contributed by atoms with Crippen molar-refractivity contribution >= 4 is 24.2 Å². The Balaban J connectivity index is 2.89. The highest BCUT2D eigenvalue weighted by molar-refractivity contribution is 5.76. The van der Waals surface area contributed by atoms with Crippen LogP contribution in [-0.2, 0) is 35.0 Å². The first-order chi connectivity index (χ1) is 18.5. The van der Waals surface area contributed by atoms with Crippen LogP contribution >= 0.6 is 0 Å².